The van der Waals surface area contributed by atoms with E-state index >= 15 is 0 Å². The SMILES string of the molecule is CCNC(=NCc1ccc(-n2ccnc2C)nc1)N(C)Cc1ccc(OCC)cc1. The number of imidazole rings is 1. The largest absolute Gasteiger partial charge is 0.494 e. The highest BCUT2D eigenvalue weighted by Gasteiger charge is 2.08. The lowest BCUT2D eigenvalue weighted by molar-refractivity contribution is 0.340. The number of ether oxygens (including phenoxy) is 1. The number of aryl methyl sites for hydroxylation is 1. The Morgan fingerprint density at radius 2 is 1.87 bits per heavy atom. The fraction of sp³-hybridized carbons (Fsp3) is 0.348. The molecule has 0 unspecified atom stereocenters. The summed E-state index contributed by atoms with van der Waals surface area (Å²) >= 11 is 0. The van der Waals surface area contributed by atoms with Crippen molar-refractivity contribution < 1.29 is 4.74 Å². The van der Waals surface area contributed by atoms with Gasteiger partial charge in [0.2, 0.25) is 0 Å². The Morgan fingerprint density at radius 1 is 1.10 bits per heavy atom. The molecule has 1 aromatic carbocycles. The quantitative estimate of drug-likeness (QED) is 0.458. The van der Waals surface area contributed by atoms with Gasteiger partial charge in [-0.15, -0.1) is 0 Å². The average molecular weight is 407 g/mol. The van der Waals surface area contributed by atoms with Crippen LogP contribution in [0.25, 0.3) is 5.82 Å². The molecular formula is C23H30N6O. The molecule has 0 aliphatic rings. The number of aromatic nitrogens is 3. The number of hydrogen-bond acceptors (Lipinski definition) is 4. The van der Waals surface area contributed by atoms with E-state index in [4.69, 9.17) is 9.73 Å². The Hall–Kier alpha value is -3.35. The number of nitrogens with zero attached hydrogens (tertiary/aromatic N) is 5. The number of guanidine groups is 1. The number of benzene rings is 1. The van der Waals surface area contributed by atoms with Crippen molar-refractivity contribution in [2.24, 2.45) is 4.99 Å². The van der Waals surface area contributed by atoms with E-state index in [9.17, 15) is 0 Å². The number of pyridine rings is 1. The molecule has 0 aliphatic heterocycles. The van der Waals surface area contributed by atoms with Gasteiger partial charge in [-0.1, -0.05) is 18.2 Å². The molecule has 0 saturated heterocycles. The molecule has 2 heterocycles. The summed E-state index contributed by atoms with van der Waals surface area (Å²) < 4.78 is 7.48. The first-order valence-electron chi connectivity index (χ1n) is 10.3. The van der Waals surface area contributed by atoms with E-state index in [1.54, 1.807) is 6.20 Å². The van der Waals surface area contributed by atoms with Crippen LogP contribution in [0.3, 0.4) is 0 Å². The van der Waals surface area contributed by atoms with Gasteiger partial charge < -0.3 is 15.0 Å². The van der Waals surface area contributed by atoms with Gasteiger partial charge in [-0.2, -0.15) is 0 Å². The lowest BCUT2D eigenvalue weighted by atomic mass is 10.2. The van der Waals surface area contributed by atoms with E-state index in [0.717, 1.165) is 42.0 Å². The Balaban J connectivity index is 1.65. The molecule has 0 radical (unpaired) electrons. The van der Waals surface area contributed by atoms with Crippen LogP contribution in [0.15, 0.2) is 60.0 Å². The molecule has 0 atom stereocenters. The lowest BCUT2D eigenvalue weighted by Crippen LogP contribution is -2.38. The Bertz CT molecular complexity index is 947. The minimum atomic E-state index is 0.562. The molecule has 1 N–H and O–H groups in total. The molecule has 7 nitrogen and oxygen atoms in total. The Morgan fingerprint density at radius 3 is 2.47 bits per heavy atom. The summed E-state index contributed by atoms with van der Waals surface area (Å²) in [6, 6.07) is 12.2. The Labute approximate surface area is 178 Å². The van der Waals surface area contributed by atoms with Crippen LogP contribution >= 0.6 is 0 Å². The third-order valence-corrected chi connectivity index (χ3v) is 4.64. The van der Waals surface area contributed by atoms with Crippen LogP contribution in [-0.2, 0) is 13.1 Å². The minimum absolute atomic E-state index is 0.562. The number of hydrogen-bond donors (Lipinski definition) is 1. The summed E-state index contributed by atoms with van der Waals surface area (Å²) in [6.07, 6.45) is 5.56. The van der Waals surface area contributed by atoms with Crippen LogP contribution in [0.2, 0.25) is 0 Å². The molecular weight excluding hydrogens is 376 g/mol. The van der Waals surface area contributed by atoms with Crippen molar-refractivity contribution in [3.8, 4) is 11.6 Å². The van der Waals surface area contributed by atoms with Crippen molar-refractivity contribution in [1.29, 1.82) is 0 Å². The molecule has 0 fully saturated rings. The molecule has 2 aromatic heterocycles. The van der Waals surface area contributed by atoms with Gasteiger partial charge in [0, 0.05) is 38.7 Å². The highest BCUT2D eigenvalue weighted by molar-refractivity contribution is 5.79. The van der Waals surface area contributed by atoms with E-state index in [1.807, 2.05) is 56.1 Å². The molecule has 0 saturated carbocycles. The second-order valence-electron chi connectivity index (χ2n) is 6.97. The van der Waals surface area contributed by atoms with E-state index in [-0.39, 0.29) is 0 Å². The summed E-state index contributed by atoms with van der Waals surface area (Å²) in [5.41, 5.74) is 2.26. The van der Waals surface area contributed by atoms with Crippen molar-refractivity contribution in [3.05, 3.63) is 71.9 Å². The predicted molar refractivity (Wildman–Crippen MR) is 120 cm³/mol. The van der Waals surface area contributed by atoms with Crippen LogP contribution in [-0.4, -0.2) is 45.6 Å². The van der Waals surface area contributed by atoms with E-state index in [0.29, 0.717) is 13.2 Å². The molecule has 0 amide bonds. The van der Waals surface area contributed by atoms with Gasteiger partial charge in [0.25, 0.3) is 0 Å². The highest BCUT2D eigenvalue weighted by atomic mass is 16.5. The fourth-order valence-corrected chi connectivity index (χ4v) is 3.12. The van der Waals surface area contributed by atoms with Gasteiger partial charge >= 0.3 is 0 Å². The molecule has 30 heavy (non-hydrogen) atoms. The third kappa shape index (κ3) is 5.59. The first-order valence-corrected chi connectivity index (χ1v) is 10.3. The fourth-order valence-electron chi connectivity index (χ4n) is 3.12. The van der Waals surface area contributed by atoms with Crippen molar-refractivity contribution in [1.82, 2.24) is 24.8 Å². The van der Waals surface area contributed by atoms with Crippen LogP contribution in [0.1, 0.15) is 30.8 Å². The molecule has 3 aromatic rings. The maximum atomic E-state index is 5.52. The van der Waals surface area contributed by atoms with Crippen molar-refractivity contribution in [2.45, 2.75) is 33.9 Å². The monoisotopic (exact) mass is 406 g/mol. The van der Waals surface area contributed by atoms with Gasteiger partial charge in [-0.05, 0) is 50.1 Å². The predicted octanol–water partition coefficient (Wildman–Crippen LogP) is 3.57. The average Bonchev–Trinajstić information content (AvgIpc) is 3.19. The molecule has 158 valence electrons. The van der Waals surface area contributed by atoms with Gasteiger partial charge in [0.15, 0.2) is 5.96 Å². The molecule has 0 spiro atoms. The second-order valence-corrected chi connectivity index (χ2v) is 6.97. The summed E-state index contributed by atoms with van der Waals surface area (Å²) in [6.45, 7) is 8.83. The Kier molecular flexibility index (Phi) is 7.43. The topological polar surface area (TPSA) is 67.6 Å². The maximum Gasteiger partial charge on any atom is 0.194 e. The molecule has 3 rings (SSSR count). The molecule has 0 bridgehead atoms. The second kappa shape index (κ2) is 10.4. The van der Waals surface area contributed by atoms with Crippen LogP contribution in [0.4, 0.5) is 0 Å². The van der Waals surface area contributed by atoms with E-state index in [2.05, 4.69) is 45.3 Å². The highest BCUT2D eigenvalue weighted by Crippen LogP contribution is 2.14. The smallest absolute Gasteiger partial charge is 0.194 e. The zero-order valence-corrected chi connectivity index (χ0v) is 18.2. The van der Waals surface area contributed by atoms with Crippen molar-refractivity contribution in [2.75, 3.05) is 20.2 Å². The van der Waals surface area contributed by atoms with Gasteiger partial charge in [0.05, 0.1) is 13.2 Å². The zero-order chi connectivity index (χ0) is 21.3. The maximum absolute atomic E-state index is 5.52. The van der Waals surface area contributed by atoms with Crippen LogP contribution in [0, 0.1) is 6.92 Å². The first-order chi connectivity index (χ1) is 14.6. The first kappa shape index (κ1) is 21.4. The van der Waals surface area contributed by atoms with Crippen LogP contribution in [0.5, 0.6) is 5.75 Å². The molecule has 0 aliphatic carbocycles. The lowest BCUT2D eigenvalue weighted by Gasteiger charge is -2.22. The van der Waals surface area contributed by atoms with Gasteiger partial charge in [0.1, 0.15) is 17.4 Å². The summed E-state index contributed by atoms with van der Waals surface area (Å²) in [5, 5.41) is 3.36. The molecule has 7 heteroatoms. The van der Waals surface area contributed by atoms with E-state index in [1.165, 1.54) is 5.56 Å². The minimum Gasteiger partial charge on any atom is -0.494 e. The van der Waals surface area contributed by atoms with Crippen molar-refractivity contribution >= 4 is 5.96 Å². The van der Waals surface area contributed by atoms with Gasteiger partial charge in [-0.3, -0.25) is 4.57 Å². The number of aliphatic imine (C=N–C) groups is 1. The standard InChI is InChI=1S/C23H30N6O/c1-5-24-23(28(4)17-19-7-10-21(11-8-19)30-6-2)27-16-20-9-12-22(26-15-20)29-14-13-25-18(29)3/h7-15H,5-6,16-17H2,1-4H3,(H,24,27). The summed E-state index contributed by atoms with van der Waals surface area (Å²) in [7, 11) is 2.04. The number of nitrogens with one attached hydrogen (secondary N) is 1. The third-order valence-electron chi connectivity index (χ3n) is 4.64. The summed E-state index contributed by atoms with van der Waals surface area (Å²) in [5.74, 6) is 3.53. The van der Waals surface area contributed by atoms with E-state index < -0.39 is 0 Å². The van der Waals surface area contributed by atoms with Crippen molar-refractivity contribution in [3.63, 3.8) is 0 Å². The summed E-state index contributed by atoms with van der Waals surface area (Å²) in [4.78, 5) is 15.7. The number of rotatable bonds is 8. The van der Waals surface area contributed by atoms with Crippen LogP contribution < -0.4 is 10.1 Å². The zero-order valence-electron chi connectivity index (χ0n) is 18.2. The normalized spacial score (nSPS) is 11.4. The van der Waals surface area contributed by atoms with Gasteiger partial charge in [-0.25, -0.2) is 15.0 Å².